The monoisotopic (exact) mass is 335 g/mol. The van der Waals surface area contributed by atoms with Crippen molar-refractivity contribution in [3.63, 3.8) is 0 Å². The Morgan fingerprint density at radius 3 is 2.14 bits per heavy atom. The summed E-state index contributed by atoms with van der Waals surface area (Å²) in [6, 6.07) is 0. The van der Waals surface area contributed by atoms with E-state index in [1.807, 2.05) is 0 Å². The predicted molar refractivity (Wildman–Crippen MR) is 80.2 cm³/mol. The molecule has 2 fully saturated rings. The fourth-order valence-electron chi connectivity index (χ4n) is 3.08. The number of sulfone groups is 1. The number of rotatable bonds is 2. The summed E-state index contributed by atoms with van der Waals surface area (Å²) in [5, 5.41) is 20.5. The third-order valence-corrected chi connectivity index (χ3v) is 6.28. The highest BCUT2D eigenvalue weighted by atomic mass is 32.2. The van der Waals surface area contributed by atoms with E-state index in [2.05, 4.69) is 0 Å². The fourth-order valence-corrected chi connectivity index (χ4v) is 4.68. The average molecular weight is 335 g/mol. The number of nitrogens with zero attached hydrogens (tertiary/aromatic N) is 1. The lowest BCUT2D eigenvalue weighted by Crippen LogP contribution is -2.73. The van der Waals surface area contributed by atoms with Gasteiger partial charge >= 0.3 is 6.09 Å². The number of ether oxygens (including phenoxy) is 1. The highest BCUT2D eigenvalue weighted by Gasteiger charge is 2.59. The summed E-state index contributed by atoms with van der Waals surface area (Å²) < 4.78 is 28.4. The number of aliphatic hydroxyl groups excluding tert-OH is 1. The molecular formula is C14H25NO6S. The normalized spacial score (nSPS) is 26.1. The molecule has 0 aromatic carbocycles. The zero-order valence-corrected chi connectivity index (χ0v) is 14.1. The van der Waals surface area contributed by atoms with Crippen molar-refractivity contribution in [3.05, 3.63) is 0 Å². The molecule has 2 N–H and O–H groups in total. The number of aliphatic hydroxyl groups is 2. The molecule has 8 heteroatoms. The van der Waals surface area contributed by atoms with E-state index in [4.69, 9.17) is 4.74 Å². The number of hydrogen-bond acceptors (Lipinski definition) is 6. The molecule has 0 aromatic heterocycles. The van der Waals surface area contributed by atoms with Crippen LogP contribution >= 0.6 is 0 Å². The highest BCUT2D eigenvalue weighted by Crippen LogP contribution is 2.46. The molecule has 7 nitrogen and oxygen atoms in total. The highest BCUT2D eigenvalue weighted by molar-refractivity contribution is 7.91. The molecule has 2 aliphatic rings. The largest absolute Gasteiger partial charge is 0.444 e. The zero-order chi connectivity index (χ0) is 16.8. The first-order valence-corrected chi connectivity index (χ1v) is 9.26. The van der Waals surface area contributed by atoms with E-state index in [-0.39, 0.29) is 44.0 Å². The molecule has 2 heterocycles. The average Bonchev–Trinajstić information content (AvgIpc) is 2.33. The van der Waals surface area contributed by atoms with Crippen molar-refractivity contribution in [1.29, 1.82) is 0 Å². The van der Waals surface area contributed by atoms with Gasteiger partial charge in [0, 0.05) is 5.41 Å². The number of likely N-dealkylation sites (tertiary alicyclic amines) is 1. The fraction of sp³-hybridized carbons (Fsp3) is 0.929. The minimum atomic E-state index is -3.09. The lowest BCUT2D eigenvalue weighted by atomic mass is 9.64. The standard InChI is InChI=1S/C14H25NO6S/c1-12(2,3)21-11(17)15-8-14(18,9-15)13(10-16)4-6-22(19,20)7-5-13/h16,18H,4-10H2,1-3H3. The maximum absolute atomic E-state index is 11.9. The molecule has 0 aliphatic carbocycles. The summed E-state index contributed by atoms with van der Waals surface area (Å²) in [5.74, 6) is -0.0788. The van der Waals surface area contributed by atoms with Crippen molar-refractivity contribution in [2.45, 2.75) is 44.8 Å². The van der Waals surface area contributed by atoms with E-state index < -0.39 is 32.5 Å². The zero-order valence-electron chi connectivity index (χ0n) is 13.3. The lowest BCUT2D eigenvalue weighted by molar-refractivity contribution is -0.190. The Kier molecular flexibility index (Phi) is 4.25. The number of amides is 1. The molecule has 0 bridgehead atoms. The van der Waals surface area contributed by atoms with Gasteiger partial charge in [0.15, 0.2) is 0 Å². The number of carbonyl (C=O) groups is 1. The van der Waals surface area contributed by atoms with Gasteiger partial charge in [0.25, 0.3) is 0 Å². The van der Waals surface area contributed by atoms with Crippen LogP contribution in [0.2, 0.25) is 0 Å². The van der Waals surface area contributed by atoms with Gasteiger partial charge in [-0.25, -0.2) is 13.2 Å². The van der Waals surface area contributed by atoms with Gasteiger partial charge in [-0.05, 0) is 33.6 Å². The van der Waals surface area contributed by atoms with Crippen LogP contribution in [0.15, 0.2) is 0 Å². The van der Waals surface area contributed by atoms with Crippen LogP contribution in [0.4, 0.5) is 4.79 Å². The summed E-state index contributed by atoms with van der Waals surface area (Å²) >= 11 is 0. The van der Waals surface area contributed by atoms with E-state index in [1.54, 1.807) is 20.8 Å². The quantitative estimate of drug-likeness (QED) is 0.745. The van der Waals surface area contributed by atoms with Crippen molar-refractivity contribution < 1.29 is 28.2 Å². The molecule has 0 aromatic rings. The first kappa shape index (κ1) is 17.5. The smallest absolute Gasteiger partial charge is 0.410 e. The van der Waals surface area contributed by atoms with Gasteiger partial charge in [-0.1, -0.05) is 0 Å². The second-order valence-electron chi connectivity index (χ2n) is 7.46. The Labute approximate surface area is 131 Å². The molecule has 128 valence electrons. The van der Waals surface area contributed by atoms with Crippen LogP contribution in [0.3, 0.4) is 0 Å². The summed E-state index contributed by atoms with van der Waals surface area (Å²) in [6.07, 6.45) is -0.0803. The van der Waals surface area contributed by atoms with E-state index >= 15 is 0 Å². The molecule has 2 saturated heterocycles. The van der Waals surface area contributed by atoms with E-state index in [1.165, 1.54) is 4.90 Å². The van der Waals surface area contributed by atoms with Crippen molar-refractivity contribution in [2.24, 2.45) is 5.41 Å². The van der Waals surface area contributed by atoms with Gasteiger partial charge in [0.05, 0.1) is 31.2 Å². The first-order chi connectivity index (χ1) is 9.92. The number of hydrogen-bond donors (Lipinski definition) is 2. The topological polar surface area (TPSA) is 104 Å². The predicted octanol–water partition coefficient (Wildman–Crippen LogP) is 0.155. The Morgan fingerprint density at radius 1 is 1.23 bits per heavy atom. The maximum Gasteiger partial charge on any atom is 0.410 e. The maximum atomic E-state index is 11.9. The minimum Gasteiger partial charge on any atom is -0.444 e. The summed E-state index contributed by atoms with van der Waals surface area (Å²) in [7, 11) is -3.09. The van der Waals surface area contributed by atoms with Crippen LogP contribution in [-0.4, -0.2) is 72.0 Å². The van der Waals surface area contributed by atoms with Crippen molar-refractivity contribution in [1.82, 2.24) is 4.90 Å². The third kappa shape index (κ3) is 3.23. The van der Waals surface area contributed by atoms with Gasteiger partial charge in [-0.15, -0.1) is 0 Å². The van der Waals surface area contributed by atoms with Crippen LogP contribution in [-0.2, 0) is 14.6 Å². The van der Waals surface area contributed by atoms with Crippen molar-refractivity contribution >= 4 is 15.9 Å². The molecule has 22 heavy (non-hydrogen) atoms. The third-order valence-electron chi connectivity index (χ3n) is 4.63. The molecule has 2 rings (SSSR count). The second kappa shape index (κ2) is 5.35. The van der Waals surface area contributed by atoms with Crippen LogP contribution in [0.25, 0.3) is 0 Å². The second-order valence-corrected chi connectivity index (χ2v) is 9.76. The number of carbonyl (C=O) groups excluding carboxylic acids is 1. The molecule has 0 spiro atoms. The van der Waals surface area contributed by atoms with Gasteiger partial charge < -0.3 is 19.8 Å². The number of β-amino-alcohol motifs (C(OH)–C–C–N with tert-alkyl or cyclic N) is 1. The molecule has 0 unspecified atom stereocenters. The summed E-state index contributed by atoms with van der Waals surface area (Å²) in [4.78, 5) is 13.3. The molecule has 1 amide bonds. The van der Waals surface area contributed by atoms with Crippen molar-refractivity contribution in [3.8, 4) is 0 Å². The van der Waals surface area contributed by atoms with E-state index in [0.29, 0.717) is 0 Å². The van der Waals surface area contributed by atoms with Gasteiger partial charge in [0.2, 0.25) is 0 Å². The van der Waals surface area contributed by atoms with Crippen LogP contribution < -0.4 is 0 Å². The SMILES string of the molecule is CC(C)(C)OC(=O)N1CC(O)(C2(CO)CCS(=O)(=O)CC2)C1. The van der Waals surface area contributed by atoms with Gasteiger partial charge in [-0.3, -0.25) is 0 Å². The Morgan fingerprint density at radius 2 is 1.73 bits per heavy atom. The molecule has 0 radical (unpaired) electrons. The first-order valence-electron chi connectivity index (χ1n) is 7.44. The Bertz CT molecular complexity index is 530. The van der Waals surface area contributed by atoms with Gasteiger partial charge in [-0.2, -0.15) is 0 Å². The van der Waals surface area contributed by atoms with Crippen LogP contribution in [0, 0.1) is 5.41 Å². The summed E-state index contributed by atoms with van der Waals surface area (Å²) in [5.41, 5.74) is -2.73. The molecular weight excluding hydrogens is 310 g/mol. The van der Waals surface area contributed by atoms with Crippen LogP contribution in [0.1, 0.15) is 33.6 Å². The Hall–Kier alpha value is -0.860. The minimum absolute atomic E-state index is 0.0394. The lowest BCUT2D eigenvalue weighted by Gasteiger charge is -2.57. The Balaban J connectivity index is 2.03. The van der Waals surface area contributed by atoms with E-state index in [0.717, 1.165) is 0 Å². The van der Waals surface area contributed by atoms with Gasteiger partial charge in [0.1, 0.15) is 21.0 Å². The van der Waals surface area contributed by atoms with E-state index in [9.17, 15) is 23.4 Å². The summed E-state index contributed by atoms with van der Waals surface area (Å²) in [6.45, 7) is 5.11. The van der Waals surface area contributed by atoms with Crippen molar-refractivity contribution in [2.75, 3.05) is 31.2 Å². The molecule has 0 saturated carbocycles. The molecule has 2 aliphatic heterocycles. The van der Waals surface area contributed by atoms with Crippen LogP contribution in [0.5, 0.6) is 0 Å². The molecule has 0 atom stereocenters.